The molecular weight excluding hydrogens is 338 g/mol. The zero-order chi connectivity index (χ0) is 16.8. The molecule has 0 saturated carbocycles. The maximum absolute atomic E-state index is 10.6. The van der Waals surface area contributed by atoms with E-state index in [0.717, 1.165) is 25.3 Å². The van der Waals surface area contributed by atoms with Crippen LogP contribution in [0.1, 0.15) is 5.56 Å². The highest BCUT2D eigenvalue weighted by molar-refractivity contribution is 5.85. The van der Waals surface area contributed by atoms with Crippen LogP contribution in [0.25, 0.3) is 10.8 Å². The lowest BCUT2D eigenvalue weighted by atomic mass is 10.0. The summed E-state index contributed by atoms with van der Waals surface area (Å²) in [6.45, 7) is 2.37. The lowest BCUT2D eigenvalue weighted by molar-refractivity contribution is -0.384. The van der Waals surface area contributed by atoms with Crippen molar-refractivity contribution in [1.82, 2.24) is 5.32 Å². The molecule has 6 heteroatoms. The third kappa shape index (κ3) is 4.92. The van der Waals surface area contributed by atoms with Crippen LogP contribution >= 0.6 is 12.4 Å². The zero-order valence-electron chi connectivity index (χ0n) is 13.6. The van der Waals surface area contributed by atoms with Gasteiger partial charge >= 0.3 is 0 Å². The van der Waals surface area contributed by atoms with Gasteiger partial charge in [0.15, 0.2) is 0 Å². The molecule has 0 bridgehead atoms. The number of rotatable bonds is 7. The van der Waals surface area contributed by atoms with Crippen molar-refractivity contribution in [1.29, 1.82) is 0 Å². The molecule has 130 valence electrons. The molecule has 0 saturated heterocycles. The van der Waals surface area contributed by atoms with Crippen molar-refractivity contribution in [3.8, 4) is 0 Å². The number of nitrogens with one attached hydrogen (secondary N) is 2. The van der Waals surface area contributed by atoms with E-state index >= 15 is 0 Å². The van der Waals surface area contributed by atoms with Gasteiger partial charge in [-0.3, -0.25) is 10.1 Å². The van der Waals surface area contributed by atoms with Crippen molar-refractivity contribution in [3.05, 3.63) is 82.4 Å². The molecule has 0 aliphatic heterocycles. The number of non-ortho nitro benzene ring substituents is 1. The van der Waals surface area contributed by atoms with E-state index in [1.54, 1.807) is 12.1 Å². The van der Waals surface area contributed by atoms with Crippen LogP contribution < -0.4 is 10.6 Å². The van der Waals surface area contributed by atoms with Crippen molar-refractivity contribution in [2.24, 2.45) is 0 Å². The fourth-order valence-corrected chi connectivity index (χ4v) is 2.67. The summed E-state index contributed by atoms with van der Waals surface area (Å²) in [5, 5.41) is 19.8. The normalized spacial score (nSPS) is 10.2. The number of nitro groups is 1. The van der Waals surface area contributed by atoms with Gasteiger partial charge in [-0.1, -0.05) is 42.5 Å². The van der Waals surface area contributed by atoms with Gasteiger partial charge in [-0.25, -0.2) is 0 Å². The second kappa shape index (κ2) is 9.01. The van der Waals surface area contributed by atoms with E-state index in [4.69, 9.17) is 0 Å². The van der Waals surface area contributed by atoms with Crippen molar-refractivity contribution in [2.45, 2.75) is 6.54 Å². The van der Waals surface area contributed by atoms with Gasteiger partial charge in [-0.2, -0.15) is 0 Å². The molecule has 0 atom stereocenters. The SMILES string of the molecule is Cl.O=[N+]([O-])c1ccc(NCCNCc2cccc3ccccc23)cc1. The summed E-state index contributed by atoms with van der Waals surface area (Å²) in [6.07, 6.45) is 0. The molecule has 0 amide bonds. The van der Waals surface area contributed by atoms with E-state index in [2.05, 4.69) is 47.0 Å². The topological polar surface area (TPSA) is 67.2 Å². The van der Waals surface area contributed by atoms with Gasteiger partial charge in [0.05, 0.1) is 4.92 Å². The summed E-state index contributed by atoms with van der Waals surface area (Å²) in [7, 11) is 0. The van der Waals surface area contributed by atoms with E-state index < -0.39 is 4.92 Å². The van der Waals surface area contributed by atoms with E-state index in [9.17, 15) is 10.1 Å². The number of anilines is 1. The standard InChI is InChI=1S/C19H19N3O2.ClH/c23-22(24)18-10-8-17(9-11-18)21-13-12-20-14-16-6-3-5-15-4-1-2-7-19(15)16;/h1-11,20-21H,12-14H2;1H. The summed E-state index contributed by atoms with van der Waals surface area (Å²) in [5.74, 6) is 0. The number of hydrogen-bond acceptors (Lipinski definition) is 4. The first-order valence-corrected chi connectivity index (χ1v) is 7.90. The minimum Gasteiger partial charge on any atom is -0.384 e. The van der Waals surface area contributed by atoms with Crippen LogP contribution in [0.15, 0.2) is 66.7 Å². The fraction of sp³-hybridized carbons (Fsp3) is 0.158. The molecule has 2 N–H and O–H groups in total. The highest BCUT2D eigenvalue weighted by Crippen LogP contribution is 2.18. The third-order valence-electron chi connectivity index (χ3n) is 3.90. The maximum Gasteiger partial charge on any atom is 0.269 e. The predicted octanol–water partition coefficient (Wildman–Crippen LogP) is 4.37. The molecule has 5 nitrogen and oxygen atoms in total. The molecule has 0 aromatic heterocycles. The second-order valence-electron chi connectivity index (χ2n) is 5.55. The number of hydrogen-bond donors (Lipinski definition) is 2. The minimum atomic E-state index is -0.393. The number of halogens is 1. The quantitative estimate of drug-likeness (QED) is 0.374. The van der Waals surface area contributed by atoms with Gasteiger partial charge in [-0.05, 0) is 28.5 Å². The molecule has 0 aliphatic carbocycles. The van der Waals surface area contributed by atoms with Crippen LogP contribution in [0.3, 0.4) is 0 Å². The van der Waals surface area contributed by atoms with Gasteiger partial charge in [0.1, 0.15) is 0 Å². The van der Waals surface area contributed by atoms with Crippen LogP contribution in [0.2, 0.25) is 0 Å². The Morgan fingerprint density at radius 1 is 0.880 bits per heavy atom. The number of fused-ring (bicyclic) bond motifs is 1. The van der Waals surface area contributed by atoms with Crippen LogP contribution in [0.4, 0.5) is 11.4 Å². The number of benzene rings is 3. The van der Waals surface area contributed by atoms with Crippen LogP contribution in [0, 0.1) is 10.1 Å². The van der Waals surface area contributed by atoms with E-state index in [1.165, 1.54) is 28.5 Å². The average Bonchev–Trinajstić information content (AvgIpc) is 2.62. The molecule has 0 radical (unpaired) electrons. The first-order chi connectivity index (χ1) is 11.7. The summed E-state index contributed by atoms with van der Waals surface area (Å²) in [4.78, 5) is 10.2. The Hall–Kier alpha value is -2.63. The van der Waals surface area contributed by atoms with Gasteiger partial charge in [0.25, 0.3) is 5.69 Å². The van der Waals surface area contributed by atoms with Crippen molar-refractivity contribution < 1.29 is 4.92 Å². The van der Waals surface area contributed by atoms with E-state index in [-0.39, 0.29) is 18.1 Å². The molecule has 0 unspecified atom stereocenters. The van der Waals surface area contributed by atoms with Crippen molar-refractivity contribution >= 4 is 34.6 Å². The lowest BCUT2D eigenvalue weighted by Gasteiger charge is -2.10. The lowest BCUT2D eigenvalue weighted by Crippen LogP contribution is -2.21. The molecule has 3 aromatic carbocycles. The van der Waals surface area contributed by atoms with Crippen LogP contribution in [-0.2, 0) is 6.54 Å². The van der Waals surface area contributed by atoms with Gasteiger partial charge in [0.2, 0.25) is 0 Å². The molecule has 25 heavy (non-hydrogen) atoms. The summed E-state index contributed by atoms with van der Waals surface area (Å²) in [6, 6.07) is 21.2. The second-order valence-corrected chi connectivity index (χ2v) is 5.55. The van der Waals surface area contributed by atoms with Crippen molar-refractivity contribution in [3.63, 3.8) is 0 Å². The fourth-order valence-electron chi connectivity index (χ4n) is 2.67. The largest absolute Gasteiger partial charge is 0.384 e. The smallest absolute Gasteiger partial charge is 0.269 e. The third-order valence-corrected chi connectivity index (χ3v) is 3.90. The Morgan fingerprint density at radius 3 is 2.36 bits per heavy atom. The molecule has 0 heterocycles. The molecule has 3 aromatic rings. The molecule has 0 fully saturated rings. The predicted molar refractivity (Wildman–Crippen MR) is 104 cm³/mol. The Balaban J connectivity index is 0.00000225. The average molecular weight is 358 g/mol. The van der Waals surface area contributed by atoms with E-state index in [1.807, 2.05) is 6.07 Å². The maximum atomic E-state index is 10.6. The molecular formula is C19H20ClN3O2. The molecule has 0 aliphatic rings. The number of nitro benzene ring substituents is 1. The Bertz CT molecular complexity index is 832. The van der Waals surface area contributed by atoms with E-state index in [0.29, 0.717) is 0 Å². The van der Waals surface area contributed by atoms with Gasteiger partial charge < -0.3 is 10.6 Å². The van der Waals surface area contributed by atoms with Crippen molar-refractivity contribution in [2.75, 3.05) is 18.4 Å². The Kier molecular flexibility index (Phi) is 6.74. The van der Waals surface area contributed by atoms with Gasteiger partial charge in [0, 0.05) is 37.5 Å². The molecule has 3 rings (SSSR count). The summed E-state index contributed by atoms with van der Waals surface area (Å²) >= 11 is 0. The Morgan fingerprint density at radius 2 is 1.60 bits per heavy atom. The monoisotopic (exact) mass is 357 g/mol. The highest BCUT2D eigenvalue weighted by atomic mass is 35.5. The first kappa shape index (κ1) is 18.7. The highest BCUT2D eigenvalue weighted by Gasteiger charge is 2.03. The minimum absolute atomic E-state index is 0. The Labute approximate surface area is 152 Å². The van der Waals surface area contributed by atoms with Crippen LogP contribution in [-0.4, -0.2) is 18.0 Å². The molecule has 0 spiro atoms. The first-order valence-electron chi connectivity index (χ1n) is 7.90. The zero-order valence-corrected chi connectivity index (χ0v) is 14.5. The summed E-state index contributed by atoms with van der Waals surface area (Å²) in [5.41, 5.74) is 2.27. The van der Waals surface area contributed by atoms with Gasteiger partial charge in [-0.15, -0.1) is 12.4 Å². The van der Waals surface area contributed by atoms with Crippen LogP contribution in [0.5, 0.6) is 0 Å². The number of nitrogens with zero attached hydrogens (tertiary/aromatic N) is 1. The summed E-state index contributed by atoms with van der Waals surface area (Å²) < 4.78 is 0.